The second kappa shape index (κ2) is 5.93. The van der Waals surface area contributed by atoms with Gasteiger partial charge in [-0.05, 0) is 18.2 Å². The normalized spacial score (nSPS) is 11.1. The number of likely N-dealkylation sites (N-methyl/N-ethyl adjacent to an activating group) is 1. The van der Waals surface area contributed by atoms with Gasteiger partial charge in [-0.2, -0.15) is 0 Å². The number of anilines is 2. The van der Waals surface area contributed by atoms with Crippen LogP contribution in [0, 0.1) is 0 Å². The van der Waals surface area contributed by atoms with Gasteiger partial charge in [-0.15, -0.1) is 0 Å². The molecule has 19 heavy (non-hydrogen) atoms. The second-order valence-electron chi connectivity index (χ2n) is 5.78. The van der Waals surface area contributed by atoms with Crippen LogP contribution in [0.25, 0.3) is 0 Å². The molecule has 0 aliphatic heterocycles. The molecule has 1 N–H and O–H groups in total. The molecule has 0 bridgehead atoms. The van der Waals surface area contributed by atoms with Crippen molar-refractivity contribution in [3.63, 3.8) is 0 Å². The van der Waals surface area contributed by atoms with Crippen LogP contribution in [0.1, 0.15) is 0 Å². The van der Waals surface area contributed by atoms with Crippen LogP contribution in [0.3, 0.4) is 0 Å². The molecule has 0 aromatic heterocycles. The summed E-state index contributed by atoms with van der Waals surface area (Å²) in [6, 6.07) is 5.61. The zero-order valence-corrected chi connectivity index (χ0v) is 12.7. The number of rotatable bonds is 5. The molecule has 0 aliphatic carbocycles. The number of carbonyl (C=O) groups excluding carboxylic acids is 1. The van der Waals surface area contributed by atoms with E-state index in [0.717, 1.165) is 17.1 Å². The van der Waals surface area contributed by atoms with Crippen LogP contribution >= 0.6 is 0 Å². The Bertz CT molecular complexity index is 450. The van der Waals surface area contributed by atoms with E-state index < -0.39 is 0 Å². The Morgan fingerprint density at radius 3 is 2.42 bits per heavy atom. The van der Waals surface area contributed by atoms with Crippen molar-refractivity contribution in [3.8, 4) is 5.75 Å². The molecule has 0 atom stereocenters. The van der Waals surface area contributed by atoms with Gasteiger partial charge < -0.3 is 19.4 Å². The van der Waals surface area contributed by atoms with Gasteiger partial charge in [-0.25, -0.2) is 0 Å². The monoisotopic (exact) mass is 266 g/mol. The SMILES string of the molecule is COc1ccc(NC(=O)C[N+](C)(C)C)cc1N(C)C. The average molecular weight is 266 g/mol. The maximum absolute atomic E-state index is 11.9. The third-order valence-corrected chi connectivity index (χ3v) is 2.56. The quantitative estimate of drug-likeness (QED) is 0.819. The van der Waals surface area contributed by atoms with Crippen LogP contribution in [0.4, 0.5) is 11.4 Å². The fraction of sp³-hybridized carbons (Fsp3) is 0.500. The molecule has 0 heterocycles. The molecule has 5 nitrogen and oxygen atoms in total. The molecule has 0 saturated carbocycles. The molecular weight excluding hydrogens is 242 g/mol. The van der Waals surface area contributed by atoms with Crippen molar-refractivity contribution in [1.82, 2.24) is 0 Å². The molecule has 1 aromatic rings. The third-order valence-electron chi connectivity index (χ3n) is 2.56. The Kier molecular flexibility index (Phi) is 4.78. The van der Waals surface area contributed by atoms with Crippen molar-refractivity contribution in [3.05, 3.63) is 18.2 Å². The summed E-state index contributed by atoms with van der Waals surface area (Å²) in [4.78, 5) is 13.8. The minimum atomic E-state index is 0.00220. The maximum atomic E-state index is 11.9. The van der Waals surface area contributed by atoms with Crippen LogP contribution in [0.2, 0.25) is 0 Å². The molecule has 5 heteroatoms. The molecule has 1 aromatic carbocycles. The summed E-state index contributed by atoms with van der Waals surface area (Å²) in [6.07, 6.45) is 0. The van der Waals surface area contributed by atoms with Crippen LogP contribution in [0.5, 0.6) is 5.75 Å². The van der Waals surface area contributed by atoms with Gasteiger partial charge in [0.15, 0.2) is 6.54 Å². The van der Waals surface area contributed by atoms with Gasteiger partial charge in [-0.1, -0.05) is 0 Å². The Morgan fingerprint density at radius 1 is 1.32 bits per heavy atom. The smallest absolute Gasteiger partial charge is 0.279 e. The number of methoxy groups -OCH3 is 1. The molecule has 1 amide bonds. The minimum Gasteiger partial charge on any atom is -0.495 e. The van der Waals surface area contributed by atoms with E-state index in [0.29, 0.717) is 11.0 Å². The number of hydrogen-bond donors (Lipinski definition) is 1. The highest BCUT2D eigenvalue weighted by atomic mass is 16.5. The Balaban J connectivity index is 2.85. The summed E-state index contributed by atoms with van der Waals surface area (Å²) in [5, 5.41) is 2.91. The maximum Gasteiger partial charge on any atom is 0.279 e. The Morgan fingerprint density at radius 2 is 1.95 bits per heavy atom. The number of amides is 1. The summed E-state index contributed by atoms with van der Waals surface area (Å²) in [5.74, 6) is 0.789. The first-order chi connectivity index (χ1) is 8.73. The minimum absolute atomic E-state index is 0.00220. The van der Waals surface area contributed by atoms with E-state index in [1.165, 1.54) is 0 Å². The highest BCUT2D eigenvalue weighted by Gasteiger charge is 2.15. The first-order valence-corrected chi connectivity index (χ1v) is 6.18. The van der Waals surface area contributed by atoms with Gasteiger partial charge in [0.05, 0.1) is 33.9 Å². The average Bonchev–Trinajstić information content (AvgIpc) is 2.26. The number of hydrogen-bond acceptors (Lipinski definition) is 3. The highest BCUT2D eigenvalue weighted by molar-refractivity contribution is 5.92. The Labute approximate surface area is 115 Å². The van der Waals surface area contributed by atoms with E-state index in [1.54, 1.807) is 7.11 Å². The van der Waals surface area contributed by atoms with Crippen molar-refractivity contribution in [2.24, 2.45) is 0 Å². The highest BCUT2D eigenvalue weighted by Crippen LogP contribution is 2.29. The zero-order valence-electron chi connectivity index (χ0n) is 12.7. The van der Waals surface area contributed by atoms with E-state index in [9.17, 15) is 4.79 Å². The first kappa shape index (κ1) is 15.3. The van der Waals surface area contributed by atoms with Gasteiger partial charge >= 0.3 is 0 Å². The van der Waals surface area contributed by atoms with Crippen LogP contribution in [-0.4, -0.2) is 59.3 Å². The number of nitrogens with zero attached hydrogens (tertiary/aromatic N) is 2. The number of quaternary nitrogens is 1. The molecule has 1 rings (SSSR count). The van der Waals surface area contributed by atoms with Gasteiger partial charge in [0.25, 0.3) is 5.91 Å². The van der Waals surface area contributed by atoms with Crippen molar-refractivity contribution in [2.75, 3.05) is 59.1 Å². The largest absolute Gasteiger partial charge is 0.495 e. The number of benzene rings is 1. The van der Waals surface area contributed by atoms with Crippen LogP contribution in [0.15, 0.2) is 18.2 Å². The van der Waals surface area contributed by atoms with Gasteiger partial charge in [0, 0.05) is 19.8 Å². The van der Waals surface area contributed by atoms with E-state index in [4.69, 9.17) is 4.74 Å². The standard InChI is InChI=1S/C14H23N3O2/c1-16(2)12-9-11(7-8-13(12)19-6)15-14(18)10-17(3,4)5/h7-9H,10H2,1-6H3/p+1. The molecule has 106 valence electrons. The summed E-state index contributed by atoms with van der Waals surface area (Å²) >= 11 is 0. The Hall–Kier alpha value is -1.75. The summed E-state index contributed by atoms with van der Waals surface area (Å²) in [6.45, 7) is 0.434. The number of nitrogens with one attached hydrogen (secondary N) is 1. The molecule has 0 aliphatic rings. The molecular formula is C14H24N3O2+. The van der Waals surface area contributed by atoms with E-state index in [-0.39, 0.29) is 5.91 Å². The first-order valence-electron chi connectivity index (χ1n) is 6.18. The molecule has 0 radical (unpaired) electrons. The third kappa shape index (κ3) is 4.79. The van der Waals surface area contributed by atoms with E-state index in [1.807, 2.05) is 58.3 Å². The summed E-state index contributed by atoms with van der Waals surface area (Å²) in [7, 11) is 11.5. The van der Waals surface area contributed by atoms with Crippen LogP contribution < -0.4 is 15.0 Å². The fourth-order valence-electron chi connectivity index (χ4n) is 1.75. The van der Waals surface area contributed by atoms with Crippen LogP contribution in [-0.2, 0) is 4.79 Å². The lowest BCUT2D eigenvalue weighted by atomic mass is 10.2. The lowest BCUT2D eigenvalue weighted by Crippen LogP contribution is -2.41. The van der Waals surface area contributed by atoms with E-state index in [2.05, 4.69) is 5.32 Å². The summed E-state index contributed by atoms with van der Waals surface area (Å²) < 4.78 is 5.89. The van der Waals surface area contributed by atoms with Gasteiger partial charge in [-0.3, -0.25) is 4.79 Å². The molecule has 0 spiro atoms. The van der Waals surface area contributed by atoms with Crippen molar-refractivity contribution in [1.29, 1.82) is 0 Å². The second-order valence-corrected chi connectivity index (χ2v) is 5.78. The molecule has 0 unspecified atom stereocenters. The number of ether oxygens (including phenoxy) is 1. The summed E-state index contributed by atoms with van der Waals surface area (Å²) in [5.41, 5.74) is 1.72. The van der Waals surface area contributed by atoms with Gasteiger partial charge in [0.1, 0.15) is 5.75 Å². The predicted molar refractivity (Wildman–Crippen MR) is 78.9 cm³/mol. The van der Waals surface area contributed by atoms with E-state index >= 15 is 0 Å². The zero-order chi connectivity index (χ0) is 14.6. The molecule has 0 fully saturated rings. The van der Waals surface area contributed by atoms with Crippen molar-refractivity contribution in [2.45, 2.75) is 0 Å². The van der Waals surface area contributed by atoms with Gasteiger partial charge in [0.2, 0.25) is 0 Å². The number of carbonyl (C=O) groups is 1. The topological polar surface area (TPSA) is 41.6 Å². The fourth-order valence-corrected chi connectivity index (χ4v) is 1.75. The lowest BCUT2D eigenvalue weighted by Gasteiger charge is -2.23. The molecule has 0 saturated heterocycles. The van der Waals surface area contributed by atoms with Crippen molar-refractivity contribution >= 4 is 17.3 Å². The lowest BCUT2D eigenvalue weighted by molar-refractivity contribution is -0.861. The predicted octanol–water partition coefficient (Wildman–Crippen LogP) is 1.41. The van der Waals surface area contributed by atoms with Crippen molar-refractivity contribution < 1.29 is 14.0 Å².